The fourth-order valence-corrected chi connectivity index (χ4v) is 5.57. The van der Waals surface area contributed by atoms with Crippen molar-refractivity contribution in [2.45, 2.75) is 71.2 Å². The molecule has 0 bridgehead atoms. The first-order chi connectivity index (χ1) is 21.4. The normalized spacial score (nSPS) is 17.1. The lowest BCUT2D eigenvalue weighted by molar-refractivity contribution is -0.148. The first-order valence-electron chi connectivity index (χ1n) is 14.3. The number of aromatic nitrogens is 3. The Labute approximate surface area is 268 Å². The van der Waals surface area contributed by atoms with Crippen LogP contribution in [0.1, 0.15) is 69.6 Å². The number of rotatable bonds is 7. The van der Waals surface area contributed by atoms with Crippen molar-refractivity contribution >= 4 is 58.1 Å². The van der Waals surface area contributed by atoms with E-state index in [-0.39, 0.29) is 47.5 Å². The number of anilines is 2. The molecule has 15 nitrogen and oxygen atoms in total. The Kier molecular flexibility index (Phi) is 9.70. The van der Waals surface area contributed by atoms with Crippen molar-refractivity contribution in [1.82, 2.24) is 14.4 Å². The Morgan fingerprint density at radius 1 is 1.04 bits per heavy atom. The van der Waals surface area contributed by atoms with Crippen LogP contribution >= 0.6 is 11.3 Å². The number of hydrogen-bond donors (Lipinski definition) is 3. The number of nitrogens with one attached hydrogen (secondary N) is 1. The van der Waals surface area contributed by atoms with Gasteiger partial charge in [0.15, 0.2) is 11.2 Å². The predicted octanol–water partition coefficient (Wildman–Crippen LogP) is 3.19. The number of nitrogens with zero attached hydrogens (tertiary/aromatic N) is 4. The maximum Gasteiger partial charge on any atom is 0.404 e. The standard InChI is InChI=1S/C30H37N7O8S/c1-29(2,3)20-15-46-28(33-20)35-24(39)16-9-12-37-21(13-16)34-23(17(25(37)40)7-8-22(38)45-30(4,5)6)36-11-10-18(43-26(31)41)19(14-36)44-27(32)42/h7-9,12-13,15,18-19H,10-11,14H2,1-6H3,(H2,31,41)(H2,32,42)(H,33,35,39)/b8-7+. The summed E-state index contributed by atoms with van der Waals surface area (Å²) >= 11 is 1.30. The number of fused-ring (bicyclic) bond motifs is 1. The molecule has 4 rings (SSSR count). The maximum absolute atomic E-state index is 13.8. The topological polar surface area (TPSA) is 211 Å². The van der Waals surface area contributed by atoms with Gasteiger partial charge in [0.25, 0.3) is 11.5 Å². The van der Waals surface area contributed by atoms with Gasteiger partial charge in [-0.25, -0.2) is 24.4 Å². The molecule has 46 heavy (non-hydrogen) atoms. The van der Waals surface area contributed by atoms with Gasteiger partial charge < -0.3 is 30.6 Å². The molecule has 2 atom stereocenters. The van der Waals surface area contributed by atoms with Gasteiger partial charge in [0.2, 0.25) is 0 Å². The van der Waals surface area contributed by atoms with Crippen molar-refractivity contribution in [3.05, 3.63) is 57.0 Å². The van der Waals surface area contributed by atoms with E-state index >= 15 is 0 Å². The number of esters is 1. The van der Waals surface area contributed by atoms with Crippen LogP contribution in [0.3, 0.4) is 0 Å². The zero-order valence-electron chi connectivity index (χ0n) is 26.4. The minimum atomic E-state index is -1.10. The number of primary amides is 2. The van der Waals surface area contributed by atoms with Crippen LogP contribution < -0.4 is 27.2 Å². The van der Waals surface area contributed by atoms with Crippen molar-refractivity contribution in [3.63, 3.8) is 0 Å². The number of hydrogen-bond acceptors (Lipinski definition) is 12. The second-order valence-corrected chi connectivity index (χ2v) is 13.5. The molecule has 246 valence electrons. The van der Waals surface area contributed by atoms with E-state index in [9.17, 15) is 24.0 Å². The van der Waals surface area contributed by atoms with E-state index in [1.54, 1.807) is 25.7 Å². The summed E-state index contributed by atoms with van der Waals surface area (Å²) < 4.78 is 16.9. The number of nitrogens with two attached hydrogens (primary N) is 2. The van der Waals surface area contributed by atoms with Gasteiger partial charge in [-0.05, 0) is 39.0 Å². The summed E-state index contributed by atoms with van der Waals surface area (Å²) in [6, 6.07) is 2.91. The van der Waals surface area contributed by atoms with E-state index in [0.717, 1.165) is 11.8 Å². The SMILES string of the molecule is CC(C)(C)OC(=O)/C=C/c1c(N2CCC(OC(N)=O)C(OC(N)=O)C2)nc2cc(C(=O)Nc3nc(C(C)(C)C)cs3)ccn2c1=O. The molecule has 1 aliphatic heterocycles. The minimum Gasteiger partial charge on any atom is -0.457 e. The molecule has 5 N–H and O–H groups in total. The van der Waals surface area contributed by atoms with Crippen LogP contribution in [-0.2, 0) is 24.4 Å². The Morgan fingerprint density at radius 2 is 1.72 bits per heavy atom. The van der Waals surface area contributed by atoms with E-state index in [2.05, 4.69) is 15.3 Å². The number of carbonyl (C=O) groups excluding carboxylic acids is 4. The molecular weight excluding hydrogens is 618 g/mol. The molecule has 3 aromatic rings. The van der Waals surface area contributed by atoms with E-state index in [0.29, 0.717) is 5.13 Å². The molecule has 16 heteroatoms. The van der Waals surface area contributed by atoms with Crippen molar-refractivity contribution in [1.29, 1.82) is 0 Å². The van der Waals surface area contributed by atoms with Crippen LogP contribution in [0.15, 0.2) is 34.6 Å². The third-order valence-electron chi connectivity index (χ3n) is 6.73. The number of pyridine rings is 1. The lowest BCUT2D eigenvalue weighted by Crippen LogP contribution is -2.52. The van der Waals surface area contributed by atoms with Gasteiger partial charge in [-0.15, -0.1) is 11.3 Å². The Hall–Kier alpha value is -4.99. The summed E-state index contributed by atoms with van der Waals surface area (Å²) in [5.74, 6) is -1.02. The smallest absolute Gasteiger partial charge is 0.404 e. The second-order valence-electron chi connectivity index (χ2n) is 12.6. The molecule has 0 spiro atoms. The first kappa shape index (κ1) is 33.9. The number of carbonyl (C=O) groups is 4. The monoisotopic (exact) mass is 655 g/mol. The molecule has 3 amide bonds. The third kappa shape index (κ3) is 8.38. The summed E-state index contributed by atoms with van der Waals surface area (Å²) in [5.41, 5.74) is 10.1. The highest BCUT2D eigenvalue weighted by molar-refractivity contribution is 7.14. The highest BCUT2D eigenvalue weighted by Crippen LogP contribution is 2.28. The molecular formula is C30H37N7O8S. The van der Waals surface area contributed by atoms with Gasteiger partial charge in [-0.1, -0.05) is 20.8 Å². The van der Waals surface area contributed by atoms with Gasteiger partial charge in [0.05, 0.1) is 17.8 Å². The molecule has 0 radical (unpaired) electrons. The molecule has 0 aromatic carbocycles. The van der Waals surface area contributed by atoms with E-state index in [1.807, 2.05) is 26.2 Å². The van der Waals surface area contributed by atoms with Crippen molar-refractivity contribution < 1.29 is 33.4 Å². The van der Waals surface area contributed by atoms with Crippen LogP contribution in [0.5, 0.6) is 0 Å². The molecule has 3 aromatic heterocycles. The Balaban J connectivity index is 1.75. The third-order valence-corrected chi connectivity index (χ3v) is 7.48. The van der Waals surface area contributed by atoms with E-state index in [1.165, 1.54) is 40.1 Å². The largest absolute Gasteiger partial charge is 0.457 e. The lowest BCUT2D eigenvalue weighted by Gasteiger charge is -2.37. The van der Waals surface area contributed by atoms with Crippen LogP contribution in [0.25, 0.3) is 11.7 Å². The second kappa shape index (κ2) is 13.2. The van der Waals surface area contributed by atoms with Crippen molar-refractivity contribution in [2.75, 3.05) is 23.3 Å². The zero-order chi connectivity index (χ0) is 34.0. The van der Waals surface area contributed by atoms with Crippen LogP contribution in [0.2, 0.25) is 0 Å². The summed E-state index contributed by atoms with van der Waals surface area (Å²) in [7, 11) is 0. The van der Waals surface area contributed by atoms with E-state index < -0.39 is 47.4 Å². The molecule has 4 heterocycles. The average molecular weight is 656 g/mol. The minimum absolute atomic E-state index is 0.0187. The highest BCUT2D eigenvalue weighted by Gasteiger charge is 2.36. The zero-order valence-corrected chi connectivity index (χ0v) is 27.2. The number of amides is 3. The van der Waals surface area contributed by atoms with Crippen LogP contribution in [-0.4, -0.2) is 69.3 Å². The lowest BCUT2D eigenvalue weighted by atomic mass is 9.93. The molecule has 0 aliphatic carbocycles. The van der Waals surface area contributed by atoms with Crippen LogP contribution in [0.4, 0.5) is 20.5 Å². The quantitative estimate of drug-likeness (QED) is 0.191. The number of ether oxygens (including phenoxy) is 3. The fraction of sp³-hybridized carbons (Fsp3) is 0.433. The summed E-state index contributed by atoms with van der Waals surface area (Å²) in [5, 5.41) is 5.08. The van der Waals surface area contributed by atoms with Crippen molar-refractivity contribution in [2.24, 2.45) is 11.5 Å². The first-order valence-corrected chi connectivity index (χ1v) is 15.2. The molecule has 1 fully saturated rings. The fourth-order valence-electron chi connectivity index (χ4n) is 4.63. The number of thiazole rings is 1. The van der Waals surface area contributed by atoms with Gasteiger partial charge >= 0.3 is 18.2 Å². The molecule has 1 saturated heterocycles. The highest BCUT2D eigenvalue weighted by atomic mass is 32.1. The maximum atomic E-state index is 13.8. The van der Waals surface area contributed by atoms with Gasteiger partial charge in [-0.2, -0.15) is 0 Å². The molecule has 1 aliphatic rings. The summed E-state index contributed by atoms with van der Waals surface area (Å²) in [4.78, 5) is 73.4. The van der Waals surface area contributed by atoms with Crippen molar-refractivity contribution in [3.8, 4) is 0 Å². The van der Waals surface area contributed by atoms with E-state index in [4.69, 9.17) is 25.7 Å². The molecule has 2 unspecified atom stereocenters. The summed E-state index contributed by atoms with van der Waals surface area (Å²) in [6.07, 6.45) is -0.158. The number of piperidine rings is 1. The van der Waals surface area contributed by atoms with Gasteiger partial charge in [0.1, 0.15) is 23.2 Å². The van der Waals surface area contributed by atoms with Gasteiger partial charge in [0, 0.05) is 41.6 Å². The molecule has 0 saturated carbocycles. The summed E-state index contributed by atoms with van der Waals surface area (Å²) in [6.45, 7) is 11.3. The predicted molar refractivity (Wildman–Crippen MR) is 171 cm³/mol. The van der Waals surface area contributed by atoms with Crippen LogP contribution in [0, 0.1) is 0 Å². The van der Waals surface area contributed by atoms with Gasteiger partial charge in [-0.3, -0.25) is 19.3 Å². The average Bonchev–Trinajstić information content (AvgIpc) is 3.41. The Bertz CT molecular complexity index is 1750. The Morgan fingerprint density at radius 3 is 2.33 bits per heavy atom.